The van der Waals surface area contributed by atoms with Crippen molar-refractivity contribution in [3.63, 3.8) is 0 Å². The van der Waals surface area contributed by atoms with Gasteiger partial charge in [0.15, 0.2) is 0 Å². The molecule has 1 heterocycles. The minimum absolute atomic E-state index is 0.0280. The fourth-order valence-corrected chi connectivity index (χ4v) is 9.39. The first-order valence-corrected chi connectivity index (χ1v) is 30.2. The van der Waals surface area contributed by atoms with Crippen LogP contribution >= 0.6 is 0 Å². The van der Waals surface area contributed by atoms with Crippen LogP contribution in [0.5, 0.6) is 0 Å². The van der Waals surface area contributed by atoms with Crippen molar-refractivity contribution in [1.29, 1.82) is 0 Å². The van der Waals surface area contributed by atoms with Gasteiger partial charge in [0.1, 0.15) is 66.5 Å². The monoisotopic (exact) mass is 1230 g/mol. The maximum Gasteiger partial charge on any atom is 0.329 e. The molecule has 27 heteroatoms. The highest BCUT2D eigenvalue weighted by Crippen LogP contribution is 2.18. The molecule has 0 aliphatic carbocycles. The van der Waals surface area contributed by atoms with Crippen molar-refractivity contribution in [2.24, 2.45) is 29.4 Å². The van der Waals surface area contributed by atoms with E-state index in [0.717, 1.165) is 5.56 Å². The SMILES string of the molecule is CC[C@@H](C)[C@@H](NC(=O)[C@@H](CCC(N)=O)NC(=O)[C@H](CO)NC(=O)[C@@H](NC(=O)[C@@H](Cc1ccccc1)NC)[C@@H](C)CC)C(=O)N[C@H](C(=O)N[C@@H](CO)C(=O)N[C@H]1C(=O)N[C@@H](C)C(=O)N[C@@H](Cc2ccccc2)C(=O)N[C@@H]([C@@H](C)CC)C(=O)O[C@H]1C)[C@@H](C)CC. The van der Waals surface area contributed by atoms with Gasteiger partial charge in [-0.2, -0.15) is 0 Å². The molecule has 0 bridgehead atoms. The molecule has 0 saturated carbocycles. The summed E-state index contributed by atoms with van der Waals surface area (Å²) < 4.78 is 5.74. The Hall–Kier alpha value is -8.04. The number of nitrogens with two attached hydrogens (primary N) is 1. The second-order valence-electron chi connectivity index (χ2n) is 22.7. The van der Waals surface area contributed by atoms with Crippen LogP contribution in [-0.4, -0.2) is 174 Å². The van der Waals surface area contributed by atoms with Gasteiger partial charge < -0.3 is 79.2 Å². The number of rotatable bonds is 32. The standard InChI is InChI=1S/C61H94N12O15/c1-12-32(5)46(70-53(79)41(63-11)28-38-22-18-16-19-23-38)57(83)67-43(30-74)55(81)65-40(26-27-45(62)76)52(78)69-48(34(7)14-3)59(85)71-47(33(6)13-2)58(84)68-44(31-75)56(82)73-50-37(10)88-61(87)49(35(8)15-4)72-54(80)42(29-39-24-20-17-21-25-39)66-51(77)36(9)64-60(50)86/h16-25,32-37,40-44,46-50,63,74-75H,12-15,26-31H2,1-11H3,(H2,62,76)(H,64,86)(H,65,81)(H,66,77)(H,67,83)(H,68,84)(H,69,78)(H,70,79)(H,71,85)(H,72,80)(H,73,82)/t32-,33-,34+,35-,36-,37-,40+,41+,42-,43-,44-,46-,47-,48+,49-,50+/m0/s1. The van der Waals surface area contributed by atoms with E-state index in [4.69, 9.17) is 10.5 Å². The van der Waals surface area contributed by atoms with Crippen molar-refractivity contribution >= 4 is 70.9 Å². The third-order valence-corrected chi connectivity index (χ3v) is 16.1. The quantitative estimate of drug-likeness (QED) is 0.0364. The van der Waals surface area contributed by atoms with E-state index >= 15 is 0 Å². The summed E-state index contributed by atoms with van der Waals surface area (Å²) in [5, 5.41) is 49.5. The fraction of sp³-hybridized carbons (Fsp3) is 0.607. The van der Waals surface area contributed by atoms with Crippen LogP contribution in [0.4, 0.5) is 0 Å². The summed E-state index contributed by atoms with van der Waals surface area (Å²) in [5.41, 5.74) is 7.00. The van der Waals surface area contributed by atoms with E-state index in [1.165, 1.54) is 13.8 Å². The number of hydrogen-bond acceptors (Lipinski definition) is 16. The minimum Gasteiger partial charge on any atom is -0.458 e. The molecule has 1 aliphatic rings. The second kappa shape index (κ2) is 37.0. The lowest BCUT2D eigenvalue weighted by atomic mass is 9.94. The van der Waals surface area contributed by atoms with E-state index in [-0.39, 0.29) is 19.3 Å². The van der Waals surface area contributed by atoms with E-state index in [1.807, 2.05) is 30.3 Å². The molecule has 16 atom stereocenters. The van der Waals surface area contributed by atoms with Crippen LogP contribution < -0.4 is 64.2 Å². The van der Waals surface area contributed by atoms with E-state index in [2.05, 4.69) is 58.5 Å². The number of aliphatic hydroxyl groups is 2. The number of benzene rings is 2. The molecule has 488 valence electrons. The first kappa shape index (κ1) is 74.2. The lowest BCUT2D eigenvalue weighted by Crippen LogP contribution is -2.63. The lowest BCUT2D eigenvalue weighted by Gasteiger charge is -2.31. The van der Waals surface area contributed by atoms with Crippen LogP contribution in [0.2, 0.25) is 0 Å². The third kappa shape index (κ3) is 22.6. The molecule has 3 rings (SSSR count). The number of amides is 11. The molecule has 1 aliphatic heterocycles. The van der Waals surface area contributed by atoms with Gasteiger partial charge >= 0.3 is 5.97 Å². The van der Waals surface area contributed by atoms with Gasteiger partial charge in [-0.05, 0) is 68.5 Å². The lowest BCUT2D eigenvalue weighted by molar-refractivity contribution is -0.157. The molecule has 0 radical (unpaired) electrons. The van der Waals surface area contributed by atoms with Crippen molar-refractivity contribution in [2.45, 2.75) is 193 Å². The Balaban J connectivity index is 1.85. The summed E-state index contributed by atoms with van der Waals surface area (Å²) in [4.78, 5) is 166. The Morgan fingerprint density at radius 2 is 0.989 bits per heavy atom. The van der Waals surface area contributed by atoms with Crippen molar-refractivity contribution < 1.29 is 72.5 Å². The van der Waals surface area contributed by atoms with Crippen molar-refractivity contribution in [3.8, 4) is 0 Å². The molecule has 2 aromatic rings. The zero-order valence-corrected chi connectivity index (χ0v) is 52.4. The van der Waals surface area contributed by atoms with Crippen LogP contribution in [0.25, 0.3) is 0 Å². The number of primary amides is 1. The molecular formula is C61H94N12O15. The number of likely N-dealkylation sites (N-methyl/N-ethyl adjacent to an activating group) is 1. The molecule has 0 spiro atoms. The topological polar surface area (TPSA) is 413 Å². The van der Waals surface area contributed by atoms with Crippen LogP contribution in [0.1, 0.15) is 119 Å². The molecule has 0 unspecified atom stereocenters. The molecule has 1 saturated heterocycles. The summed E-state index contributed by atoms with van der Waals surface area (Å²) >= 11 is 0. The molecule has 27 nitrogen and oxygen atoms in total. The molecule has 88 heavy (non-hydrogen) atoms. The van der Waals surface area contributed by atoms with Gasteiger partial charge in [-0.3, -0.25) is 52.7 Å². The van der Waals surface area contributed by atoms with E-state index in [1.54, 1.807) is 92.8 Å². The second-order valence-corrected chi connectivity index (χ2v) is 22.7. The maximum atomic E-state index is 14.4. The van der Waals surface area contributed by atoms with Gasteiger partial charge in [-0.25, -0.2) is 4.79 Å². The summed E-state index contributed by atoms with van der Waals surface area (Å²) in [6.45, 7) is 14.2. The van der Waals surface area contributed by atoms with Gasteiger partial charge in [0, 0.05) is 12.8 Å². The normalized spacial score (nSPS) is 21.1. The number of ether oxygens (including phenoxy) is 1. The largest absolute Gasteiger partial charge is 0.458 e. The number of cyclic esters (lactones) is 1. The smallest absolute Gasteiger partial charge is 0.329 e. The molecule has 15 N–H and O–H groups in total. The summed E-state index contributed by atoms with van der Waals surface area (Å²) in [7, 11) is 1.60. The number of esters is 1. The van der Waals surface area contributed by atoms with Gasteiger partial charge in [0.2, 0.25) is 65.0 Å². The molecule has 11 amide bonds. The van der Waals surface area contributed by atoms with E-state index in [9.17, 15) is 67.7 Å². The molecule has 1 fully saturated rings. The molecule has 2 aromatic carbocycles. The van der Waals surface area contributed by atoms with Crippen LogP contribution in [0, 0.1) is 23.7 Å². The average molecular weight is 1240 g/mol. The highest BCUT2D eigenvalue weighted by Gasteiger charge is 2.41. The minimum atomic E-state index is -1.81. The Kier molecular flexibility index (Phi) is 31.2. The Morgan fingerprint density at radius 3 is 1.45 bits per heavy atom. The van der Waals surface area contributed by atoms with Gasteiger partial charge in [-0.1, -0.05) is 142 Å². The van der Waals surface area contributed by atoms with Gasteiger partial charge in [-0.15, -0.1) is 0 Å². The zero-order chi connectivity index (χ0) is 65.9. The highest BCUT2D eigenvalue weighted by atomic mass is 16.5. The predicted molar refractivity (Wildman–Crippen MR) is 324 cm³/mol. The zero-order valence-electron chi connectivity index (χ0n) is 52.4. The van der Waals surface area contributed by atoms with Crippen LogP contribution in [0.15, 0.2) is 60.7 Å². The Labute approximate surface area is 514 Å². The van der Waals surface area contributed by atoms with Crippen LogP contribution in [0.3, 0.4) is 0 Å². The highest BCUT2D eigenvalue weighted by molar-refractivity contribution is 5.99. The fourth-order valence-electron chi connectivity index (χ4n) is 9.39. The van der Waals surface area contributed by atoms with Gasteiger partial charge in [0.25, 0.3) is 0 Å². The van der Waals surface area contributed by atoms with E-state index < -0.39 is 193 Å². The molecule has 0 aromatic heterocycles. The number of carbonyl (C=O) groups is 12. The summed E-state index contributed by atoms with van der Waals surface area (Å²) in [5.74, 6) is -13.0. The summed E-state index contributed by atoms with van der Waals surface area (Å²) in [6.07, 6.45) is -0.662. The number of aliphatic hydroxyl groups excluding tert-OH is 2. The number of hydrogen-bond donors (Lipinski definition) is 14. The van der Waals surface area contributed by atoms with Crippen molar-refractivity contribution in [1.82, 2.24) is 58.5 Å². The predicted octanol–water partition coefficient (Wildman–Crippen LogP) is -1.69. The first-order chi connectivity index (χ1) is 41.7. The Bertz CT molecular complexity index is 2690. The van der Waals surface area contributed by atoms with Crippen molar-refractivity contribution in [2.75, 3.05) is 20.3 Å². The maximum absolute atomic E-state index is 14.4. The van der Waals surface area contributed by atoms with Crippen LogP contribution in [-0.2, 0) is 75.1 Å². The first-order valence-electron chi connectivity index (χ1n) is 30.2. The van der Waals surface area contributed by atoms with Gasteiger partial charge in [0.05, 0.1) is 19.3 Å². The van der Waals surface area contributed by atoms with Crippen molar-refractivity contribution in [3.05, 3.63) is 71.8 Å². The van der Waals surface area contributed by atoms with E-state index in [0.29, 0.717) is 24.8 Å². The average Bonchev–Trinajstić information content (AvgIpc) is 3.70. The third-order valence-electron chi connectivity index (χ3n) is 16.1. The summed E-state index contributed by atoms with van der Waals surface area (Å²) in [6, 6.07) is 2.55. The Morgan fingerprint density at radius 1 is 0.545 bits per heavy atom. The number of carbonyl (C=O) groups excluding carboxylic acids is 12. The molecular weight excluding hydrogens is 1140 g/mol. The number of nitrogens with one attached hydrogen (secondary N) is 11.